The second-order valence-corrected chi connectivity index (χ2v) is 11.2. The molecule has 2 rings (SSSR count). The summed E-state index contributed by atoms with van der Waals surface area (Å²) in [4.78, 5) is 12.2. The zero-order chi connectivity index (χ0) is 23.8. The largest absolute Gasteiger partial charge is 0.507 e. The van der Waals surface area contributed by atoms with Crippen LogP contribution in [0.25, 0.3) is 6.08 Å². The molecule has 1 aromatic carbocycles. The average Bonchev–Trinajstić information content (AvgIpc) is 2.78. The van der Waals surface area contributed by atoms with Gasteiger partial charge in [-0.05, 0) is 77.0 Å². The van der Waals surface area contributed by atoms with Gasteiger partial charge in [0.1, 0.15) is 11.4 Å². The lowest BCUT2D eigenvalue weighted by molar-refractivity contribution is 0.00578. The molecular formula is C24H38BNO5. The minimum absolute atomic E-state index is 0.0739. The van der Waals surface area contributed by atoms with Crippen LogP contribution in [0.2, 0.25) is 0 Å². The number of phenols is 1. The Hall–Kier alpha value is -1.99. The topological polar surface area (TPSA) is 77.0 Å². The van der Waals surface area contributed by atoms with Crippen LogP contribution in [0.15, 0.2) is 23.7 Å². The number of hydrogen-bond donors (Lipinski definition) is 2. The van der Waals surface area contributed by atoms with Gasteiger partial charge < -0.3 is 24.5 Å². The SMILES string of the molecule is CC(C)(C)OC(=O)NCC(=Cc1cc(C(C)(C)C)ccc1O)B1OC(C)(C)C(C)(C)O1. The molecule has 31 heavy (non-hydrogen) atoms. The Balaban J connectivity index is 2.40. The van der Waals surface area contributed by atoms with Gasteiger partial charge in [0.2, 0.25) is 0 Å². The first-order valence-corrected chi connectivity index (χ1v) is 10.8. The number of nitrogens with one attached hydrogen (secondary N) is 1. The van der Waals surface area contributed by atoms with Gasteiger partial charge in [-0.25, -0.2) is 4.79 Å². The Morgan fingerprint density at radius 1 is 1.10 bits per heavy atom. The van der Waals surface area contributed by atoms with Gasteiger partial charge in [-0.15, -0.1) is 0 Å². The van der Waals surface area contributed by atoms with E-state index >= 15 is 0 Å². The minimum atomic E-state index is -0.669. The molecule has 0 spiro atoms. The molecule has 2 N–H and O–H groups in total. The van der Waals surface area contributed by atoms with E-state index in [4.69, 9.17) is 14.0 Å². The fourth-order valence-electron chi connectivity index (χ4n) is 3.02. The number of benzene rings is 1. The maximum absolute atomic E-state index is 12.2. The molecule has 0 saturated carbocycles. The van der Waals surface area contributed by atoms with Crippen LogP contribution in [-0.4, -0.2) is 41.7 Å². The van der Waals surface area contributed by atoms with Crippen LogP contribution >= 0.6 is 0 Å². The molecule has 1 aromatic rings. The van der Waals surface area contributed by atoms with E-state index in [1.807, 2.05) is 66.7 Å². The van der Waals surface area contributed by atoms with E-state index in [1.165, 1.54) is 0 Å². The van der Waals surface area contributed by atoms with E-state index in [-0.39, 0.29) is 17.7 Å². The van der Waals surface area contributed by atoms with Gasteiger partial charge in [-0.3, -0.25) is 0 Å². The van der Waals surface area contributed by atoms with Crippen LogP contribution in [0, 0.1) is 0 Å². The van der Waals surface area contributed by atoms with E-state index in [1.54, 1.807) is 6.07 Å². The first-order chi connectivity index (χ1) is 13.9. The van der Waals surface area contributed by atoms with Crippen LogP contribution in [0.3, 0.4) is 0 Å². The molecule has 7 heteroatoms. The average molecular weight is 431 g/mol. The van der Waals surface area contributed by atoms with Gasteiger partial charge in [0.15, 0.2) is 0 Å². The summed E-state index contributed by atoms with van der Waals surface area (Å²) >= 11 is 0. The van der Waals surface area contributed by atoms with E-state index in [9.17, 15) is 9.90 Å². The van der Waals surface area contributed by atoms with Crippen LogP contribution < -0.4 is 5.32 Å². The molecule has 172 valence electrons. The van der Waals surface area contributed by atoms with E-state index < -0.39 is 30.0 Å². The van der Waals surface area contributed by atoms with Crippen molar-refractivity contribution in [1.82, 2.24) is 5.32 Å². The Morgan fingerprint density at radius 2 is 1.65 bits per heavy atom. The lowest BCUT2D eigenvalue weighted by Crippen LogP contribution is -2.41. The van der Waals surface area contributed by atoms with E-state index in [2.05, 4.69) is 26.1 Å². The highest BCUT2D eigenvalue weighted by Gasteiger charge is 2.52. The van der Waals surface area contributed by atoms with Crippen molar-refractivity contribution in [3.63, 3.8) is 0 Å². The molecule has 0 unspecified atom stereocenters. The van der Waals surface area contributed by atoms with Gasteiger partial charge in [0.05, 0.1) is 11.2 Å². The van der Waals surface area contributed by atoms with Crippen LogP contribution in [0.1, 0.15) is 80.4 Å². The second-order valence-electron chi connectivity index (χ2n) is 11.2. The molecule has 0 atom stereocenters. The molecular weight excluding hydrogens is 393 g/mol. The van der Waals surface area contributed by atoms with Crippen molar-refractivity contribution in [2.75, 3.05) is 6.54 Å². The zero-order valence-electron chi connectivity index (χ0n) is 20.7. The van der Waals surface area contributed by atoms with E-state index in [0.717, 1.165) is 5.56 Å². The fraction of sp³-hybridized carbons (Fsp3) is 0.625. The van der Waals surface area contributed by atoms with E-state index in [0.29, 0.717) is 11.0 Å². The van der Waals surface area contributed by atoms with Crippen LogP contribution in [0.5, 0.6) is 5.75 Å². The summed E-state index contributed by atoms with van der Waals surface area (Å²) in [6.07, 6.45) is 1.30. The molecule has 1 saturated heterocycles. The lowest BCUT2D eigenvalue weighted by atomic mass is 9.76. The van der Waals surface area contributed by atoms with Crippen molar-refractivity contribution in [2.45, 2.75) is 91.5 Å². The Labute approximate surface area is 187 Å². The second kappa shape index (κ2) is 8.51. The normalized spacial score (nSPS) is 18.8. The molecule has 0 bridgehead atoms. The number of hydrogen-bond acceptors (Lipinski definition) is 5. The van der Waals surface area contributed by atoms with Gasteiger partial charge in [-0.2, -0.15) is 0 Å². The molecule has 1 fully saturated rings. The Bertz CT molecular complexity index is 831. The summed E-state index contributed by atoms with van der Waals surface area (Å²) in [5.74, 6) is 0.152. The number of ether oxygens (including phenoxy) is 1. The zero-order valence-corrected chi connectivity index (χ0v) is 20.7. The number of carbonyl (C=O) groups is 1. The molecule has 1 amide bonds. The minimum Gasteiger partial charge on any atom is -0.507 e. The first-order valence-electron chi connectivity index (χ1n) is 10.8. The molecule has 1 aliphatic rings. The van der Waals surface area contributed by atoms with Crippen molar-refractivity contribution in [2.24, 2.45) is 0 Å². The van der Waals surface area contributed by atoms with Crippen molar-refractivity contribution < 1.29 is 23.9 Å². The number of amides is 1. The predicted octanol–water partition coefficient (Wildman–Crippen LogP) is 5.23. The molecule has 1 heterocycles. The van der Waals surface area contributed by atoms with Crippen LogP contribution in [0.4, 0.5) is 4.79 Å². The predicted molar refractivity (Wildman–Crippen MR) is 125 cm³/mol. The molecule has 6 nitrogen and oxygen atoms in total. The maximum Gasteiger partial charge on any atom is 0.492 e. The summed E-state index contributed by atoms with van der Waals surface area (Å²) in [5, 5.41) is 13.3. The van der Waals surface area contributed by atoms with Gasteiger partial charge >= 0.3 is 13.2 Å². The first kappa shape index (κ1) is 25.3. The van der Waals surface area contributed by atoms with Crippen LogP contribution in [-0.2, 0) is 19.5 Å². The van der Waals surface area contributed by atoms with Crippen molar-refractivity contribution in [1.29, 1.82) is 0 Å². The van der Waals surface area contributed by atoms with Gasteiger partial charge in [-0.1, -0.05) is 32.9 Å². The molecule has 0 radical (unpaired) electrons. The smallest absolute Gasteiger partial charge is 0.492 e. The Morgan fingerprint density at radius 3 is 2.13 bits per heavy atom. The highest BCUT2D eigenvalue weighted by atomic mass is 16.7. The summed E-state index contributed by atoms with van der Waals surface area (Å²) in [6.45, 7) is 19.9. The van der Waals surface area contributed by atoms with Crippen molar-refractivity contribution in [3.8, 4) is 5.75 Å². The summed E-state index contributed by atoms with van der Waals surface area (Å²) in [7, 11) is -0.669. The number of rotatable bonds is 4. The number of alkyl carbamates (subject to hydrolysis) is 1. The third-order valence-electron chi connectivity index (χ3n) is 5.63. The lowest BCUT2D eigenvalue weighted by Gasteiger charge is -2.32. The van der Waals surface area contributed by atoms with Crippen molar-refractivity contribution in [3.05, 3.63) is 34.8 Å². The number of phenolic OH excluding ortho intramolecular Hbond substituents is 1. The quantitative estimate of drug-likeness (QED) is 0.639. The summed E-state index contributed by atoms with van der Waals surface area (Å²) in [6, 6.07) is 5.56. The third-order valence-corrected chi connectivity index (χ3v) is 5.63. The molecule has 0 aliphatic carbocycles. The van der Waals surface area contributed by atoms with Gasteiger partial charge in [0, 0.05) is 12.1 Å². The highest BCUT2D eigenvalue weighted by Crippen LogP contribution is 2.39. The number of carbonyl (C=O) groups excluding carboxylic acids is 1. The standard InChI is InChI=1S/C24H38BNO5/c1-21(2,3)17-11-12-19(27)16(13-17)14-18(15-26-20(28)29-22(4,5)6)25-30-23(7,8)24(9,10)31-25/h11-14,27H,15H2,1-10H3,(H,26,28). The molecule has 0 aromatic heterocycles. The summed E-state index contributed by atoms with van der Waals surface area (Å²) in [5.41, 5.74) is 0.683. The third kappa shape index (κ3) is 6.50. The fourth-order valence-corrected chi connectivity index (χ4v) is 3.02. The highest BCUT2D eigenvalue weighted by molar-refractivity contribution is 6.56. The monoisotopic (exact) mass is 431 g/mol. The maximum atomic E-state index is 12.2. The van der Waals surface area contributed by atoms with Gasteiger partial charge in [0.25, 0.3) is 0 Å². The summed E-state index contributed by atoms with van der Waals surface area (Å²) < 4.78 is 17.8. The molecule has 1 aliphatic heterocycles. The van der Waals surface area contributed by atoms with Crippen molar-refractivity contribution >= 4 is 19.3 Å². The number of aromatic hydroxyl groups is 1. The Kier molecular flexibility index (Phi) is 6.94.